The van der Waals surface area contributed by atoms with Crippen molar-refractivity contribution in [2.24, 2.45) is 10.2 Å². The molecule has 3 N–H and O–H groups in total. The van der Waals surface area contributed by atoms with E-state index in [1.807, 2.05) is 0 Å². The van der Waals surface area contributed by atoms with Gasteiger partial charge in [-0.3, -0.25) is 15.5 Å². The number of nitrogens with one attached hydrogen (secondary N) is 1. The van der Waals surface area contributed by atoms with Gasteiger partial charge in [0, 0.05) is 6.07 Å². The highest BCUT2D eigenvalue weighted by molar-refractivity contribution is 7.89. The van der Waals surface area contributed by atoms with Gasteiger partial charge in [0.15, 0.2) is 11.5 Å². The number of nitro benzene ring substituents is 1. The van der Waals surface area contributed by atoms with Gasteiger partial charge < -0.3 is 9.47 Å². The Labute approximate surface area is 157 Å². The fraction of sp³-hybridized carbons (Fsp3) is 0.133. The van der Waals surface area contributed by atoms with Gasteiger partial charge in [-0.15, -0.1) is 0 Å². The van der Waals surface area contributed by atoms with E-state index >= 15 is 0 Å². The van der Waals surface area contributed by atoms with Crippen LogP contribution in [-0.4, -0.2) is 33.3 Å². The van der Waals surface area contributed by atoms with Crippen LogP contribution >= 0.6 is 0 Å². The number of primary sulfonamides is 1. The molecule has 0 saturated carbocycles. The molecule has 0 bridgehead atoms. The van der Waals surface area contributed by atoms with E-state index in [-0.39, 0.29) is 17.2 Å². The molecule has 0 amide bonds. The SMILES string of the molecule is COc1cc(C=NNc2ccc(S(N)(=O)=O)cc2[N+](=O)[O-])ccc1OC(F)F. The van der Waals surface area contributed by atoms with Crippen molar-refractivity contribution in [1.82, 2.24) is 0 Å². The second-order valence-corrected chi connectivity index (χ2v) is 6.70. The smallest absolute Gasteiger partial charge is 0.387 e. The van der Waals surface area contributed by atoms with Gasteiger partial charge in [0.05, 0.1) is 23.1 Å². The lowest BCUT2D eigenvalue weighted by molar-refractivity contribution is -0.384. The Morgan fingerprint density at radius 1 is 1.25 bits per heavy atom. The molecule has 0 aromatic heterocycles. The van der Waals surface area contributed by atoms with Gasteiger partial charge in [0.25, 0.3) is 5.69 Å². The molecule has 0 atom stereocenters. The predicted molar refractivity (Wildman–Crippen MR) is 95.3 cm³/mol. The van der Waals surface area contributed by atoms with E-state index < -0.39 is 32.1 Å². The van der Waals surface area contributed by atoms with Gasteiger partial charge in [-0.1, -0.05) is 0 Å². The summed E-state index contributed by atoms with van der Waals surface area (Å²) < 4.78 is 56.5. The van der Waals surface area contributed by atoms with Crippen LogP contribution in [0, 0.1) is 10.1 Å². The summed E-state index contributed by atoms with van der Waals surface area (Å²) in [6.45, 7) is -3.02. The van der Waals surface area contributed by atoms with Gasteiger partial charge in [-0.05, 0) is 35.9 Å². The lowest BCUT2D eigenvalue weighted by Crippen LogP contribution is -2.12. The molecule has 28 heavy (non-hydrogen) atoms. The molecule has 0 aliphatic heterocycles. The van der Waals surface area contributed by atoms with Gasteiger partial charge in [0.1, 0.15) is 5.69 Å². The quantitative estimate of drug-likeness (QED) is 0.381. The zero-order valence-corrected chi connectivity index (χ0v) is 15.0. The van der Waals surface area contributed by atoms with Crippen molar-refractivity contribution in [2.45, 2.75) is 11.5 Å². The zero-order valence-electron chi connectivity index (χ0n) is 14.2. The lowest BCUT2D eigenvalue weighted by Gasteiger charge is -2.10. The van der Waals surface area contributed by atoms with E-state index in [1.165, 1.54) is 31.5 Å². The average molecular weight is 416 g/mol. The van der Waals surface area contributed by atoms with Gasteiger partial charge in [0.2, 0.25) is 10.0 Å². The molecular weight excluding hydrogens is 402 g/mol. The standard InChI is InChI=1S/C15H14F2N4O6S/c1-26-14-6-9(2-5-13(14)27-15(16)17)8-19-20-11-4-3-10(28(18,24)25)7-12(11)21(22)23/h2-8,15,20H,1H3,(H2,18,24,25). The minimum Gasteiger partial charge on any atom is -0.493 e. The molecule has 0 radical (unpaired) electrons. The largest absolute Gasteiger partial charge is 0.493 e. The van der Waals surface area contributed by atoms with Crippen molar-refractivity contribution in [3.8, 4) is 11.5 Å². The summed E-state index contributed by atoms with van der Waals surface area (Å²) in [4.78, 5) is 9.91. The van der Waals surface area contributed by atoms with Crippen LogP contribution in [0.15, 0.2) is 46.4 Å². The van der Waals surface area contributed by atoms with E-state index in [0.717, 1.165) is 18.2 Å². The van der Waals surface area contributed by atoms with Crippen LogP contribution in [0.1, 0.15) is 5.56 Å². The first-order valence-corrected chi connectivity index (χ1v) is 8.89. The summed E-state index contributed by atoms with van der Waals surface area (Å²) >= 11 is 0. The summed E-state index contributed by atoms with van der Waals surface area (Å²) in [5, 5.41) is 19.9. The van der Waals surface area contributed by atoms with E-state index in [0.29, 0.717) is 5.56 Å². The normalized spacial score (nSPS) is 11.6. The number of sulfonamides is 1. The maximum Gasteiger partial charge on any atom is 0.387 e. The third-order valence-electron chi connectivity index (χ3n) is 3.30. The fourth-order valence-electron chi connectivity index (χ4n) is 2.07. The number of nitrogens with zero attached hydrogens (tertiary/aromatic N) is 2. The minimum absolute atomic E-state index is 0.0349. The monoisotopic (exact) mass is 416 g/mol. The number of hydrazone groups is 1. The molecule has 0 aliphatic carbocycles. The number of anilines is 1. The molecule has 13 heteroatoms. The highest BCUT2D eigenvalue weighted by atomic mass is 32.2. The Balaban J connectivity index is 2.24. The number of methoxy groups -OCH3 is 1. The average Bonchev–Trinajstić information content (AvgIpc) is 2.61. The highest BCUT2D eigenvalue weighted by Crippen LogP contribution is 2.29. The molecule has 0 saturated heterocycles. The lowest BCUT2D eigenvalue weighted by atomic mass is 10.2. The number of halogens is 2. The molecule has 0 heterocycles. The van der Waals surface area contributed by atoms with E-state index in [4.69, 9.17) is 9.88 Å². The number of benzene rings is 2. The van der Waals surface area contributed by atoms with Crippen LogP contribution in [0.3, 0.4) is 0 Å². The summed E-state index contributed by atoms with van der Waals surface area (Å²) in [6.07, 6.45) is 1.24. The number of hydrogen-bond donors (Lipinski definition) is 2. The first-order valence-electron chi connectivity index (χ1n) is 7.35. The topological polar surface area (TPSA) is 146 Å². The number of nitrogens with two attached hydrogens (primary N) is 1. The van der Waals surface area contributed by atoms with Crippen LogP contribution < -0.4 is 20.0 Å². The van der Waals surface area contributed by atoms with E-state index in [1.54, 1.807) is 0 Å². The molecule has 2 rings (SSSR count). The molecule has 2 aromatic carbocycles. The third-order valence-corrected chi connectivity index (χ3v) is 4.21. The Kier molecular flexibility index (Phi) is 6.43. The van der Waals surface area contributed by atoms with Crippen molar-refractivity contribution in [3.63, 3.8) is 0 Å². The first-order chi connectivity index (χ1) is 13.1. The number of ether oxygens (including phenoxy) is 2. The van der Waals surface area contributed by atoms with E-state index in [9.17, 15) is 27.3 Å². The second-order valence-electron chi connectivity index (χ2n) is 5.14. The van der Waals surface area contributed by atoms with Crippen molar-refractivity contribution in [3.05, 3.63) is 52.1 Å². The molecular formula is C15H14F2N4O6S. The molecule has 0 spiro atoms. The molecule has 0 aliphatic rings. The summed E-state index contributed by atoms with van der Waals surface area (Å²) in [5.74, 6) is -0.135. The van der Waals surface area contributed by atoms with Crippen LogP contribution in [0.5, 0.6) is 11.5 Å². The fourth-order valence-corrected chi connectivity index (χ4v) is 2.60. The Morgan fingerprint density at radius 3 is 2.54 bits per heavy atom. The molecule has 10 nitrogen and oxygen atoms in total. The number of hydrogen-bond acceptors (Lipinski definition) is 8. The van der Waals surface area contributed by atoms with Crippen LogP contribution in [0.2, 0.25) is 0 Å². The van der Waals surface area contributed by atoms with Gasteiger partial charge >= 0.3 is 6.61 Å². The number of rotatable bonds is 8. The Morgan fingerprint density at radius 2 is 1.96 bits per heavy atom. The van der Waals surface area contributed by atoms with Crippen molar-refractivity contribution in [1.29, 1.82) is 0 Å². The Hall–Kier alpha value is -3.32. The third kappa shape index (κ3) is 5.34. The van der Waals surface area contributed by atoms with Gasteiger partial charge in [-0.25, -0.2) is 13.6 Å². The number of alkyl halides is 2. The number of nitro groups is 1. The molecule has 0 fully saturated rings. The predicted octanol–water partition coefficient (Wildman–Crippen LogP) is 2.30. The van der Waals surface area contributed by atoms with Crippen molar-refractivity contribution in [2.75, 3.05) is 12.5 Å². The molecule has 150 valence electrons. The highest BCUT2D eigenvalue weighted by Gasteiger charge is 2.18. The van der Waals surface area contributed by atoms with Crippen LogP contribution in [0.25, 0.3) is 0 Å². The van der Waals surface area contributed by atoms with Crippen LogP contribution in [0.4, 0.5) is 20.2 Å². The van der Waals surface area contributed by atoms with Crippen molar-refractivity contribution >= 4 is 27.6 Å². The zero-order chi connectivity index (χ0) is 20.9. The van der Waals surface area contributed by atoms with Crippen molar-refractivity contribution < 1.29 is 31.6 Å². The van der Waals surface area contributed by atoms with E-state index in [2.05, 4.69) is 15.3 Å². The summed E-state index contributed by atoms with van der Waals surface area (Å²) in [6, 6.07) is 7.03. The molecule has 2 aromatic rings. The summed E-state index contributed by atoms with van der Waals surface area (Å²) in [7, 11) is -2.84. The maximum absolute atomic E-state index is 12.3. The second kappa shape index (κ2) is 8.58. The Bertz CT molecular complexity index is 1010. The summed E-state index contributed by atoms with van der Waals surface area (Å²) in [5.41, 5.74) is 2.18. The van der Waals surface area contributed by atoms with Gasteiger partial charge in [-0.2, -0.15) is 13.9 Å². The molecule has 0 unspecified atom stereocenters. The van der Waals surface area contributed by atoms with Crippen LogP contribution in [-0.2, 0) is 10.0 Å². The first kappa shape index (κ1) is 21.0. The maximum atomic E-state index is 12.3. The minimum atomic E-state index is -4.11.